The summed E-state index contributed by atoms with van der Waals surface area (Å²) in [5.74, 6) is 0.0175. The van der Waals surface area contributed by atoms with Gasteiger partial charge >= 0.3 is 5.97 Å². The van der Waals surface area contributed by atoms with Gasteiger partial charge in [-0.05, 0) is 51.5 Å². The summed E-state index contributed by atoms with van der Waals surface area (Å²) in [5.41, 5.74) is 2.23. The van der Waals surface area contributed by atoms with Crippen molar-refractivity contribution in [1.82, 2.24) is 9.47 Å². The number of esters is 1. The number of hydrogen-bond acceptors (Lipinski definition) is 4. The van der Waals surface area contributed by atoms with E-state index in [1.165, 1.54) is 7.11 Å². The molecular formula is C21H32N2O4. The summed E-state index contributed by atoms with van der Waals surface area (Å²) in [7, 11) is 3.08. The topological polar surface area (TPSA) is 68.6 Å². The summed E-state index contributed by atoms with van der Waals surface area (Å²) in [6.45, 7) is 10.2. The van der Waals surface area contributed by atoms with Crippen molar-refractivity contribution in [3.8, 4) is 0 Å². The van der Waals surface area contributed by atoms with E-state index in [2.05, 4.69) is 13.8 Å². The molecule has 1 heterocycles. The van der Waals surface area contributed by atoms with Gasteiger partial charge in [-0.25, -0.2) is 4.79 Å². The fourth-order valence-electron chi connectivity index (χ4n) is 3.53. The Morgan fingerprint density at radius 1 is 1.19 bits per heavy atom. The number of carbonyl (C=O) groups excluding carboxylic acids is 3. The molecule has 1 fully saturated rings. The Hall–Kier alpha value is -2.11. The molecular weight excluding hydrogens is 344 g/mol. The molecule has 1 aliphatic carbocycles. The van der Waals surface area contributed by atoms with Crippen LogP contribution in [0, 0.1) is 25.7 Å². The molecule has 27 heavy (non-hydrogen) atoms. The Morgan fingerprint density at radius 2 is 1.78 bits per heavy atom. The molecule has 0 N–H and O–H groups in total. The summed E-state index contributed by atoms with van der Waals surface area (Å²) in [4.78, 5) is 40.0. The Labute approximate surface area is 161 Å². The highest BCUT2D eigenvalue weighted by molar-refractivity contribution is 6.06. The number of Topliss-reactive ketones (excluding diaryl/α,β-unsaturated/α-hetero) is 1. The number of hydrogen-bond donors (Lipinski definition) is 0. The van der Waals surface area contributed by atoms with Crippen molar-refractivity contribution in [3.63, 3.8) is 0 Å². The van der Waals surface area contributed by atoms with Crippen LogP contribution in [0.25, 0.3) is 0 Å². The number of methoxy groups -OCH3 is 1. The first-order valence-corrected chi connectivity index (χ1v) is 9.70. The Kier molecular flexibility index (Phi) is 6.50. The summed E-state index contributed by atoms with van der Waals surface area (Å²) in [6, 6.07) is -0.554. The molecule has 1 saturated carbocycles. The van der Waals surface area contributed by atoms with Gasteiger partial charge in [-0.2, -0.15) is 0 Å². The van der Waals surface area contributed by atoms with Crippen LogP contribution in [0.1, 0.15) is 72.1 Å². The third-order valence-electron chi connectivity index (χ3n) is 5.56. The fraction of sp³-hybridized carbons (Fsp3) is 0.667. The molecule has 0 radical (unpaired) electrons. The van der Waals surface area contributed by atoms with E-state index in [0.717, 1.165) is 19.3 Å². The van der Waals surface area contributed by atoms with Gasteiger partial charge in [0.1, 0.15) is 5.69 Å². The smallest absolute Gasteiger partial charge is 0.354 e. The van der Waals surface area contributed by atoms with E-state index >= 15 is 0 Å². The first kappa shape index (κ1) is 21.2. The Morgan fingerprint density at radius 3 is 2.26 bits per heavy atom. The van der Waals surface area contributed by atoms with Crippen molar-refractivity contribution >= 4 is 17.7 Å². The van der Waals surface area contributed by atoms with Crippen LogP contribution in [0.4, 0.5) is 0 Å². The first-order chi connectivity index (χ1) is 12.6. The van der Waals surface area contributed by atoms with Crippen molar-refractivity contribution in [3.05, 3.63) is 22.5 Å². The molecule has 6 heteroatoms. The Balaban J connectivity index is 2.36. The zero-order valence-electron chi connectivity index (χ0n) is 17.6. The lowest BCUT2D eigenvalue weighted by atomic mass is 9.99. The maximum atomic E-state index is 13.3. The van der Waals surface area contributed by atoms with E-state index in [0.29, 0.717) is 35.0 Å². The van der Waals surface area contributed by atoms with Gasteiger partial charge in [-0.3, -0.25) is 9.59 Å². The minimum Gasteiger partial charge on any atom is -0.464 e. The van der Waals surface area contributed by atoms with Crippen molar-refractivity contribution in [2.45, 2.75) is 59.9 Å². The van der Waals surface area contributed by atoms with E-state index in [1.807, 2.05) is 6.92 Å². The van der Waals surface area contributed by atoms with Crippen LogP contribution in [-0.2, 0) is 16.6 Å². The van der Waals surface area contributed by atoms with E-state index < -0.39 is 12.0 Å². The highest BCUT2D eigenvalue weighted by atomic mass is 16.5. The van der Waals surface area contributed by atoms with Gasteiger partial charge in [-0.1, -0.05) is 13.8 Å². The van der Waals surface area contributed by atoms with Gasteiger partial charge in [0.2, 0.25) is 5.91 Å². The molecule has 2 rings (SSSR count). The molecule has 0 aliphatic heterocycles. The summed E-state index contributed by atoms with van der Waals surface area (Å²) < 4.78 is 6.56. The second kappa shape index (κ2) is 8.28. The molecule has 6 nitrogen and oxygen atoms in total. The van der Waals surface area contributed by atoms with Crippen LogP contribution in [0.5, 0.6) is 0 Å². The predicted molar refractivity (Wildman–Crippen MR) is 104 cm³/mol. The molecule has 0 spiro atoms. The first-order valence-electron chi connectivity index (χ1n) is 9.70. The van der Waals surface area contributed by atoms with Crippen LogP contribution in [0.2, 0.25) is 0 Å². The molecule has 1 aromatic rings. The minimum atomic E-state index is -0.554. The summed E-state index contributed by atoms with van der Waals surface area (Å²) in [6.07, 6.45) is 2.68. The van der Waals surface area contributed by atoms with Crippen LogP contribution in [-0.4, -0.2) is 46.8 Å². The lowest BCUT2D eigenvalue weighted by molar-refractivity contribution is -0.134. The van der Waals surface area contributed by atoms with E-state index in [1.54, 1.807) is 30.4 Å². The quantitative estimate of drug-likeness (QED) is 0.516. The molecule has 1 amide bonds. The number of nitrogens with zero attached hydrogens (tertiary/aromatic N) is 2. The number of ketones is 1. The number of ether oxygens (including phenoxy) is 1. The minimum absolute atomic E-state index is 0.0657. The van der Waals surface area contributed by atoms with Gasteiger partial charge < -0.3 is 14.2 Å². The number of carbonyl (C=O) groups is 3. The molecule has 0 unspecified atom stereocenters. The second-order valence-corrected chi connectivity index (χ2v) is 8.01. The van der Waals surface area contributed by atoms with Crippen molar-refractivity contribution < 1.29 is 19.1 Å². The van der Waals surface area contributed by atoms with E-state index in [4.69, 9.17) is 4.74 Å². The maximum absolute atomic E-state index is 13.3. The molecule has 0 aromatic carbocycles. The molecule has 1 atom stereocenters. The largest absolute Gasteiger partial charge is 0.464 e. The fourth-order valence-corrected chi connectivity index (χ4v) is 3.53. The van der Waals surface area contributed by atoms with Crippen molar-refractivity contribution in [2.24, 2.45) is 18.9 Å². The molecule has 150 valence electrons. The molecule has 1 aromatic heterocycles. The highest BCUT2D eigenvalue weighted by Gasteiger charge is 2.38. The van der Waals surface area contributed by atoms with Crippen LogP contribution in [0.3, 0.4) is 0 Å². The normalized spacial score (nSPS) is 15.0. The zero-order chi connectivity index (χ0) is 20.5. The van der Waals surface area contributed by atoms with Crippen LogP contribution in [0.15, 0.2) is 0 Å². The van der Waals surface area contributed by atoms with Crippen LogP contribution >= 0.6 is 0 Å². The maximum Gasteiger partial charge on any atom is 0.354 e. The number of rotatable bonds is 8. The standard InChI is InChI=1S/C21H32N2O4/c1-12(2)10-11-23(20(25)16-8-9-16)15(5)19(24)17-13(3)18(21(26)27-7)22(6)14(17)4/h12,15-16H,8-11H2,1-7H3/t15-/m1/s1. The third kappa shape index (κ3) is 4.25. The predicted octanol–water partition coefficient (Wildman–Crippen LogP) is 3.28. The van der Waals surface area contributed by atoms with Crippen LogP contribution < -0.4 is 0 Å². The number of aromatic nitrogens is 1. The lowest BCUT2D eigenvalue weighted by Gasteiger charge is -2.29. The lowest BCUT2D eigenvalue weighted by Crippen LogP contribution is -2.45. The summed E-state index contributed by atoms with van der Waals surface area (Å²) >= 11 is 0. The summed E-state index contributed by atoms with van der Waals surface area (Å²) in [5, 5.41) is 0. The Bertz CT molecular complexity index is 744. The average molecular weight is 376 g/mol. The third-order valence-corrected chi connectivity index (χ3v) is 5.56. The van der Waals surface area contributed by atoms with Crippen molar-refractivity contribution in [1.29, 1.82) is 0 Å². The van der Waals surface area contributed by atoms with Gasteiger partial charge in [0, 0.05) is 30.8 Å². The van der Waals surface area contributed by atoms with Crippen molar-refractivity contribution in [2.75, 3.05) is 13.7 Å². The van der Waals surface area contributed by atoms with E-state index in [9.17, 15) is 14.4 Å². The van der Waals surface area contributed by atoms with Gasteiger partial charge in [0.05, 0.1) is 13.2 Å². The monoisotopic (exact) mass is 376 g/mol. The van der Waals surface area contributed by atoms with Gasteiger partial charge in [0.15, 0.2) is 5.78 Å². The molecule has 1 aliphatic rings. The highest BCUT2D eigenvalue weighted by Crippen LogP contribution is 2.33. The second-order valence-electron chi connectivity index (χ2n) is 8.01. The number of amides is 1. The van der Waals surface area contributed by atoms with Gasteiger partial charge in [-0.15, -0.1) is 0 Å². The van der Waals surface area contributed by atoms with Gasteiger partial charge in [0.25, 0.3) is 0 Å². The molecule has 0 saturated heterocycles. The zero-order valence-corrected chi connectivity index (χ0v) is 17.6. The SMILES string of the molecule is COC(=O)c1c(C)c(C(=O)[C@@H](C)N(CCC(C)C)C(=O)C2CC2)c(C)n1C. The van der Waals surface area contributed by atoms with E-state index in [-0.39, 0.29) is 17.6 Å². The average Bonchev–Trinajstić information content (AvgIpc) is 3.42. The molecule has 0 bridgehead atoms.